The first-order valence-corrected chi connectivity index (χ1v) is 11.3. The van der Waals surface area contributed by atoms with Crippen molar-refractivity contribution in [3.05, 3.63) is 65.4 Å². The van der Waals surface area contributed by atoms with Crippen molar-refractivity contribution in [1.82, 2.24) is 15.1 Å². The van der Waals surface area contributed by atoms with Crippen LogP contribution in [0.5, 0.6) is 17.2 Å². The molecule has 4 rings (SSSR count). The molecule has 0 aliphatic carbocycles. The van der Waals surface area contributed by atoms with Gasteiger partial charge in [-0.25, -0.2) is 4.68 Å². The Morgan fingerprint density at radius 3 is 2.58 bits per heavy atom. The highest BCUT2D eigenvalue weighted by atomic mass is 19.4. The summed E-state index contributed by atoms with van der Waals surface area (Å²) in [6.07, 6.45) is -3.16. The van der Waals surface area contributed by atoms with Gasteiger partial charge in [0.2, 0.25) is 0 Å². The lowest BCUT2D eigenvalue weighted by Gasteiger charge is -2.34. The number of nitrogens with zero attached hydrogens (tertiary/aromatic N) is 2. The first-order valence-electron chi connectivity index (χ1n) is 11.3. The van der Waals surface area contributed by atoms with Gasteiger partial charge in [-0.2, -0.15) is 18.3 Å². The Morgan fingerprint density at radius 2 is 1.89 bits per heavy atom. The third-order valence-electron chi connectivity index (χ3n) is 6.13. The van der Waals surface area contributed by atoms with Crippen molar-refractivity contribution in [1.29, 1.82) is 0 Å². The Balaban J connectivity index is 1.52. The zero-order chi connectivity index (χ0) is 25.9. The molecule has 11 heteroatoms. The molecule has 0 fully saturated rings. The third kappa shape index (κ3) is 5.19. The van der Waals surface area contributed by atoms with E-state index in [9.17, 15) is 18.0 Å². The summed E-state index contributed by atoms with van der Waals surface area (Å²) in [7, 11) is 4.57. The highest BCUT2D eigenvalue weighted by molar-refractivity contribution is 5.98. The van der Waals surface area contributed by atoms with E-state index in [4.69, 9.17) is 14.2 Å². The number of aromatic nitrogens is 2. The van der Waals surface area contributed by atoms with Crippen molar-refractivity contribution < 1.29 is 32.2 Å². The number of fused-ring (bicyclic) bond motifs is 1. The van der Waals surface area contributed by atoms with Crippen LogP contribution in [0.25, 0.3) is 0 Å². The van der Waals surface area contributed by atoms with Crippen LogP contribution in [0.2, 0.25) is 0 Å². The van der Waals surface area contributed by atoms with Gasteiger partial charge < -0.3 is 24.8 Å². The molecule has 2 N–H and O–H groups in total. The number of alkyl halides is 3. The summed E-state index contributed by atoms with van der Waals surface area (Å²) in [6.45, 7) is 0.265. The first kappa shape index (κ1) is 25.2. The molecule has 1 aliphatic heterocycles. The first-order chi connectivity index (χ1) is 17.2. The fourth-order valence-corrected chi connectivity index (χ4v) is 4.26. The van der Waals surface area contributed by atoms with Crippen LogP contribution in [-0.2, 0) is 6.42 Å². The quantitative estimate of drug-likeness (QED) is 0.469. The van der Waals surface area contributed by atoms with Gasteiger partial charge in [0.25, 0.3) is 5.91 Å². The normalized spacial score (nSPS) is 17.1. The molecule has 0 unspecified atom stereocenters. The van der Waals surface area contributed by atoms with E-state index < -0.39 is 24.2 Å². The minimum Gasteiger partial charge on any atom is -0.497 e. The molecule has 0 spiro atoms. The predicted molar refractivity (Wildman–Crippen MR) is 127 cm³/mol. The van der Waals surface area contributed by atoms with Gasteiger partial charge in [0.15, 0.2) is 17.5 Å². The summed E-state index contributed by atoms with van der Waals surface area (Å²) in [5, 5.41) is 9.77. The van der Waals surface area contributed by atoms with Gasteiger partial charge in [-0.05, 0) is 41.8 Å². The number of carbonyl (C=O) groups is 1. The molecule has 3 aromatic rings. The minimum absolute atomic E-state index is 0.0278. The molecule has 36 heavy (non-hydrogen) atoms. The monoisotopic (exact) mass is 504 g/mol. The highest BCUT2D eigenvalue weighted by Gasteiger charge is 2.47. The van der Waals surface area contributed by atoms with Crippen LogP contribution in [0.3, 0.4) is 0 Å². The van der Waals surface area contributed by atoms with Crippen molar-refractivity contribution in [3.8, 4) is 17.2 Å². The average molecular weight is 505 g/mol. The maximum atomic E-state index is 13.9. The number of hydrogen-bond donors (Lipinski definition) is 2. The molecule has 1 aromatic heterocycles. The molecular formula is C25H27F3N4O4. The Hall–Kier alpha value is -3.89. The molecule has 0 bridgehead atoms. The van der Waals surface area contributed by atoms with E-state index in [0.29, 0.717) is 29.2 Å². The molecule has 1 amide bonds. The lowest BCUT2D eigenvalue weighted by Crippen LogP contribution is -2.36. The Morgan fingerprint density at radius 1 is 1.11 bits per heavy atom. The van der Waals surface area contributed by atoms with Gasteiger partial charge in [0.05, 0.1) is 33.6 Å². The molecule has 0 radical (unpaired) electrons. The second-order valence-corrected chi connectivity index (χ2v) is 8.31. The number of nitrogens with one attached hydrogen (secondary N) is 2. The zero-order valence-corrected chi connectivity index (χ0v) is 20.1. The summed E-state index contributed by atoms with van der Waals surface area (Å²) in [5.41, 5.74) is 1.57. The summed E-state index contributed by atoms with van der Waals surface area (Å²) < 4.78 is 58.4. The second kappa shape index (κ2) is 10.4. The van der Waals surface area contributed by atoms with Gasteiger partial charge in [0.1, 0.15) is 17.1 Å². The van der Waals surface area contributed by atoms with Crippen LogP contribution >= 0.6 is 0 Å². The number of rotatable bonds is 8. The van der Waals surface area contributed by atoms with E-state index in [2.05, 4.69) is 15.7 Å². The van der Waals surface area contributed by atoms with Crippen molar-refractivity contribution in [2.75, 3.05) is 33.2 Å². The van der Waals surface area contributed by atoms with E-state index in [0.717, 1.165) is 10.2 Å². The number of amides is 1. The smallest absolute Gasteiger partial charge is 0.410 e. The molecule has 8 nitrogen and oxygen atoms in total. The highest BCUT2D eigenvalue weighted by Crippen LogP contribution is 2.44. The van der Waals surface area contributed by atoms with Gasteiger partial charge in [-0.3, -0.25) is 4.79 Å². The average Bonchev–Trinajstić information content (AvgIpc) is 3.31. The Bertz CT molecular complexity index is 1230. The topological polar surface area (TPSA) is 86.6 Å². The Labute approximate surface area is 206 Å². The predicted octanol–water partition coefficient (Wildman–Crippen LogP) is 4.54. The number of ether oxygens (including phenoxy) is 3. The van der Waals surface area contributed by atoms with Crippen LogP contribution in [0.4, 0.5) is 19.0 Å². The van der Waals surface area contributed by atoms with Crippen LogP contribution < -0.4 is 24.8 Å². The Kier molecular flexibility index (Phi) is 7.27. The van der Waals surface area contributed by atoms with Gasteiger partial charge in [-0.1, -0.05) is 18.2 Å². The van der Waals surface area contributed by atoms with Gasteiger partial charge in [-0.15, -0.1) is 0 Å². The van der Waals surface area contributed by atoms with Crippen molar-refractivity contribution in [2.45, 2.75) is 31.1 Å². The fourth-order valence-electron chi connectivity index (χ4n) is 4.26. The van der Waals surface area contributed by atoms with E-state index in [1.165, 1.54) is 20.4 Å². The lowest BCUT2D eigenvalue weighted by atomic mass is 9.96. The zero-order valence-electron chi connectivity index (χ0n) is 20.1. The summed E-state index contributed by atoms with van der Waals surface area (Å²) in [6, 6.07) is 9.70. The lowest BCUT2D eigenvalue weighted by molar-refractivity contribution is -0.173. The standard InChI is InChI=1S/C25H27F3N4O4/c1-34-17-6-4-5-16(12-17)19-13-22(25(26,27)28)32-23(31-19)18(14-30-32)24(33)29-10-9-15-7-8-20(35-2)21(11-15)36-3/h4-8,11-12,14,19,22,31H,9-10,13H2,1-3H3,(H,29,33)/t19-,22+/m1/s1. The van der Waals surface area contributed by atoms with Crippen molar-refractivity contribution >= 4 is 11.7 Å². The molecule has 2 aromatic carbocycles. The van der Waals surface area contributed by atoms with Crippen LogP contribution in [0.1, 0.15) is 40.0 Å². The minimum atomic E-state index is -4.54. The number of halogens is 3. The van der Waals surface area contributed by atoms with Crippen LogP contribution in [-0.4, -0.2) is 49.7 Å². The largest absolute Gasteiger partial charge is 0.497 e. The third-order valence-corrected chi connectivity index (χ3v) is 6.13. The van der Waals surface area contributed by atoms with Gasteiger partial charge >= 0.3 is 6.18 Å². The maximum Gasteiger partial charge on any atom is 0.410 e. The van der Waals surface area contributed by atoms with Crippen LogP contribution in [0.15, 0.2) is 48.7 Å². The molecule has 192 valence electrons. The SMILES string of the molecule is COc1cccc([C@H]2C[C@@H](C(F)(F)F)n3ncc(C(=O)NCCc4ccc(OC)c(OC)c4)c3N2)c1. The number of hydrogen-bond acceptors (Lipinski definition) is 6. The summed E-state index contributed by atoms with van der Waals surface area (Å²) in [5.74, 6) is 1.20. The number of benzene rings is 2. The molecular weight excluding hydrogens is 477 g/mol. The van der Waals surface area contributed by atoms with Crippen molar-refractivity contribution in [2.24, 2.45) is 0 Å². The number of methoxy groups -OCH3 is 3. The fraction of sp³-hybridized carbons (Fsp3) is 0.360. The van der Waals surface area contributed by atoms with Crippen LogP contribution in [0, 0.1) is 0 Å². The molecule has 0 saturated heterocycles. The second-order valence-electron chi connectivity index (χ2n) is 8.31. The van der Waals surface area contributed by atoms with E-state index in [-0.39, 0.29) is 24.3 Å². The molecule has 1 aliphatic rings. The van der Waals surface area contributed by atoms with Gasteiger partial charge in [0, 0.05) is 13.0 Å². The number of carbonyl (C=O) groups excluding carboxylic acids is 1. The summed E-state index contributed by atoms with van der Waals surface area (Å²) in [4.78, 5) is 12.9. The van der Waals surface area contributed by atoms with E-state index >= 15 is 0 Å². The van der Waals surface area contributed by atoms with Crippen molar-refractivity contribution in [3.63, 3.8) is 0 Å². The summed E-state index contributed by atoms with van der Waals surface area (Å²) >= 11 is 0. The molecule has 2 heterocycles. The number of anilines is 1. The molecule has 2 atom stereocenters. The maximum absolute atomic E-state index is 13.9. The van der Waals surface area contributed by atoms with E-state index in [1.54, 1.807) is 43.5 Å². The molecule has 0 saturated carbocycles. The van der Waals surface area contributed by atoms with E-state index in [1.807, 2.05) is 6.07 Å².